The van der Waals surface area contributed by atoms with Crippen LogP contribution in [0.3, 0.4) is 0 Å². The molecule has 2 aromatic carbocycles. The fourth-order valence-electron chi connectivity index (χ4n) is 1.87. The summed E-state index contributed by atoms with van der Waals surface area (Å²) in [6.07, 6.45) is 0.824. The molecule has 0 aliphatic carbocycles. The summed E-state index contributed by atoms with van der Waals surface area (Å²) in [7, 11) is 0. The van der Waals surface area contributed by atoms with Crippen molar-refractivity contribution in [3.63, 3.8) is 0 Å². The molecular formula is C15H13Cl3N2O. The predicted octanol–water partition coefficient (Wildman–Crippen LogP) is 4.80. The number of hydrogen-bond donors (Lipinski definition) is 2. The molecule has 110 valence electrons. The Morgan fingerprint density at radius 3 is 2.33 bits per heavy atom. The molecule has 2 rings (SSSR count). The van der Waals surface area contributed by atoms with Crippen LogP contribution in [0, 0.1) is 0 Å². The van der Waals surface area contributed by atoms with Crippen molar-refractivity contribution in [3.05, 3.63) is 57.0 Å². The number of amides is 1. The van der Waals surface area contributed by atoms with Crippen molar-refractivity contribution >= 4 is 52.1 Å². The highest BCUT2D eigenvalue weighted by Gasteiger charge is 2.11. The summed E-state index contributed by atoms with van der Waals surface area (Å²) in [5.74, 6) is -0.190. The Morgan fingerprint density at radius 2 is 1.71 bits per heavy atom. The molecule has 3 N–H and O–H groups in total. The number of benzene rings is 2. The van der Waals surface area contributed by atoms with Crippen LogP contribution in [0.1, 0.15) is 12.0 Å². The second-order valence-electron chi connectivity index (χ2n) is 4.49. The molecular weight excluding hydrogens is 331 g/mol. The van der Waals surface area contributed by atoms with E-state index in [4.69, 9.17) is 40.5 Å². The first kappa shape index (κ1) is 16.0. The Bertz CT molecular complexity index is 651. The molecule has 0 heterocycles. The summed E-state index contributed by atoms with van der Waals surface area (Å²) >= 11 is 17.9. The highest BCUT2D eigenvalue weighted by atomic mass is 35.5. The number of nitrogens with one attached hydrogen (secondary N) is 1. The van der Waals surface area contributed by atoms with E-state index in [0.29, 0.717) is 32.9 Å². The van der Waals surface area contributed by atoms with Crippen LogP contribution < -0.4 is 11.1 Å². The van der Waals surface area contributed by atoms with Gasteiger partial charge in [-0.3, -0.25) is 4.79 Å². The first-order chi connectivity index (χ1) is 9.97. The average molecular weight is 344 g/mol. The topological polar surface area (TPSA) is 55.1 Å². The molecule has 21 heavy (non-hydrogen) atoms. The minimum atomic E-state index is -0.190. The van der Waals surface area contributed by atoms with E-state index in [9.17, 15) is 4.79 Å². The van der Waals surface area contributed by atoms with E-state index in [1.807, 2.05) is 18.2 Å². The number of hydrogen-bond acceptors (Lipinski definition) is 2. The van der Waals surface area contributed by atoms with Crippen LogP contribution in [-0.2, 0) is 11.2 Å². The van der Waals surface area contributed by atoms with Crippen molar-refractivity contribution in [3.8, 4) is 0 Å². The largest absolute Gasteiger partial charge is 0.399 e. The van der Waals surface area contributed by atoms with Gasteiger partial charge in [0.05, 0.1) is 15.7 Å². The van der Waals surface area contributed by atoms with Gasteiger partial charge < -0.3 is 11.1 Å². The van der Waals surface area contributed by atoms with E-state index in [1.54, 1.807) is 6.07 Å². The number of aryl methyl sites for hydroxylation is 1. The summed E-state index contributed by atoms with van der Waals surface area (Å²) in [6, 6.07) is 10.5. The highest BCUT2D eigenvalue weighted by molar-refractivity contribution is 6.42. The summed E-state index contributed by atoms with van der Waals surface area (Å²) < 4.78 is 0. The van der Waals surface area contributed by atoms with Crippen LogP contribution in [0.2, 0.25) is 15.1 Å². The van der Waals surface area contributed by atoms with Gasteiger partial charge in [-0.05, 0) is 30.2 Å². The van der Waals surface area contributed by atoms with E-state index in [-0.39, 0.29) is 12.3 Å². The number of halogens is 3. The van der Waals surface area contributed by atoms with Crippen LogP contribution >= 0.6 is 34.8 Å². The van der Waals surface area contributed by atoms with Gasteiger partial charge in [-0.2, -0.15) is 0 Å². The van der Waals surface area contributed by atoms with Crippen molar-refractivity contribution in [2.45, 2.75) is 12.8 Å². The number of carbonyl (C=O) groups excluding carboxylic acids is 1. The van der Waals surface area contributed by atoms with Gasteiger partial charge in [0.15, 0.2) is 0 Å². The van der Waals surface area contributed by atoms with Gasteiger partial charge in [0.25, 0.3) is 0 Å². The second-order valence-corrected chi connectivity index (χ2v) is 5.74. The third-order valence-electron chi connectivity index (χ3n) is 2.95. The van der Waals surface area contributed by atoms with Gasteiger partial charge in [0.1, 0.15) is 0 Å². The van der Waals surface area contributed by atoms with E-state index in [1.165, 1.54) is 12.1 Å². The van der Waals surface area contributed by atoms with Gasteiger partial charge in [0.2, 0.25) is 5.91 Å². The molecule has 2 aromatic rings. The van der Waals surface area contributed by atoms with Crippen LogP contribution in [-0.4, -0.2) is 5.91 Å². The molecule has 0 aliphatic heterocycles. The van der Waals surface area contributed by atoms with Crippen molar-refractivity contribution < 1.29 is 4.79 Å². The lowest BCUT2D eigenvalue weighted by atomic mass is 10.1. The summed E-state index contributed by atoms with van der Waals surface area (Å²) in [6.45, 7) is 0. The SMILES string of the molecule is Nc1ccccc1CCC(=O)Nc1c(Cl)cc(Cl)cc1Cl. The van der Waals surface area contributed by atoms with Gasteiger partial charge in [-0.1, -0.05) is 53.0 Å². The van der Waals surface area contributed by atoms with E-state index >= 15 is 0 Å². The first-order valence-corrected chi connectivity index (χ1v) is 7.38. The number of nitrogen functional groups attached to an aromatic ring is 1. The van der Waals surface area contributed by atoms with Gasteiger partial charge in [-0.25, -0.2) is 0 Å². The zero-order valence-corrected chi connectivity index (χ0v) is 13.3. The molecule has 0 bridgehead atoms. The maximum absolute atomic E-state index is 12.0. The Hall–Kier alpha value is -1.42. The lowest BCUT2D eigenvalue weighted by Gasteiger charge is -2.10. The fourth-order valence-corrected chi connectivity index (χ4v) is 2.79. The Labute approximate surface area is 138 Å². The maximum atomic E-state index is 12.0. The minimum Gasteiger partial charge on any atom is -0.399 e. The highest BCUT2D eigenvalue weighted by Crippen LogP contribution is 2.33. The zero-order chi connectivity index (χ0) is 15.4. The van der Waals surface area contributed by atoms with Crippen molar-refractivity contribution in [1.82, 2.24) is 0 Å². The third kappa shape index (κ3) is 4.27. The van der Waals surface area contributed by atoms with Crippen molar-refractivity contribution in [1.29, 1.82) is 0 Å². The first-order valence-electron chi connectivity index (χ1n) is 6.25. The van der Waals surface area contributed by atoms with E-state index in [0.717, 1.165) is 5.56 Å². The normalized spacial score (nSPS) is 10.4. The quantitative estimate of drug-likeness (QED) is 0.783. The van der Waals surface area contributed by atoms with Crippen LogP contribution in [0.4, 0.5) is 11.4 Å². The maximum Gasteiger partial charge on any atom is 0.224 e. The van der Waals surface area contributed by atoms with Gasteiger partial charge in [-0.15, -0.1) is 0 Å². The molecule has 1 amide bonds. The number of rotatable bonds is 4. The predicted molar refractivity (Wildman–Crippen MR) is 89.3 cm³/mol. The third-order valence-corrected chi connectivity index (χ3v) is 3.76. The lowest BCUT2D eigenvalue weighted by molar-refractivity contribution is -0.116. The van der Waals surface area contributed by atoms with E-state index < -0.39 is 0 Å². The molecule has 0 radical (unpaired) electrons. The molecule has 6 heteroatoms. The van der Waals surface area contributed by atoms with Crippen LogP contribution in [0.25, 0.3) is 0 Å². The molecule has 0 aliphatic rings. The molecule has 3 nitrogen and oxygen atoms in total. The molecule has 0 saturated carbocycles. The van der Waals surface area contributed by atoms with E-state index in [2.05, 4.69) is 5.32 Å². The molecule has 0 aromatic heterocycles. The number of para-hydroxylation sites is 1. The lowest BCUT2D eigenvalue weighted by Crippen LogP contribution is -2.13. The standard InChI is InChI=1S/C15H13Cl3N2O/c16-10-7-11(17)15(12(18)8-10)20-14(21)6-5-9-3-1-2-4-13(9)19/h1-4,7-8H,5-6,19H2,(H,20,21). The Kier molecular flexibility index (Phi) is 5.34. The average Bonchev–Trinajstić information content (AvgIpc) is 2.42. The Morgan fingerprint density at radius 1 is 1.10 bits per heavy atom. The Balaban J connectivity index is 2.01. The zero-order valence-electron chi connectivity index (χ0n) is 11.0. The van der Waals surface area contributed by atoms with Gasteiger partial charge in [0, 0.05) is 17.1 Å². The molecule has 0 saturated heterocycles. The monoisotopic (exact) mass is 342 g/mol. The number of anilines is 2. The molecule has 0 spiro atoms. The molecule has 0 atom stereocenters. The smallest absolute Gasteiger partial charge is 0.224 e. The number of carbonyl (C=O) groups is 1. The van der Waals surface area contributed by atoms with Crippen LogP contribution in [0.5, 0.6) is 0 Å². The number of nitrogens with two attached hydrogens (primary N) is 1. The minimum absolute atomic E-state index is 0.190. The summed E-state index contributed by atoms with van der Waals surface area (Å²) in [5, 5.41) is 3.72. The van der Waals surface area contributed by atoms with Crippen LogP contribution in [0.15, 0.2) is 36.4 Å². The summed E-state index contributed by atoms with van der Waals surface area (Å²) in [5.41, 5.74) is 7.81. The molecule has 0 unspecified atom stereocenters. The molecule has 0 fully saturated rings. The second kappa shape index (κ2) is 7.03. The van der Waals surface area contributed by atoms with Crippen molar-refractivity contribution in [2.75, 3.05) is 11.1 Å². The van der Waals surface area contributed by atoms with Crippen molar-refractivity contribution in [2.24, 2.45) is 0 Å². The fraction of sp³-hybridized carbons (Fsp3) is 0.133. The van der Waals surface area contributed by atoms with Gasteiger partial charge >= 0.3 is 0 Å². The summed E-state index contributed by atoms with van der Waals surface area (Å²) in [4.78, 5) is 12.0.